The summed E-state index contributed by atoms with van der Waals surface area (Å²) in [7, 11) is 0. The summed E-state index contributed by atoms with van der Waals surface area (Å²) in [6, 6.07) is 12.7. The zero-order chi connectivity index (χ0) is 15.4. The molecule has 1 aliphatic heterocycles. The summed E-state index contributed by atoms with van der Waals surface area (Å²) in [5.74, 6) is 0.623. The summed E-state index contributed by atoms with van der Waals surface area (Å²) >= 11 is 3.45. The van der Waals surface area contributed by atoms with Gasteiger partial charge in [0.15, 0.2) is 11.6 Å². The standard InChI is InChI=1S/C17H16BrFN2O/c18-14-5-2-1-4-13(14)11-22-16-7-6-12(10-15(16)19)17-20-8-3-9-21-17/h1-2,4-7,10H,3,8-9,11H2,(H,20,21). The molecular formula is C17H16BrFN2O. The van der Waals surface area contributed by atoms with Gasteiger partial charge >= 0.3 is 0 Å². The van der Waals surface area contributed by atoms with Crippen LogP contribution in [0.1, 0.15) is 17.5 Å². The largest absolute Gasteiger partial charge is 0.486 e. The molecule has 22 heavy (non-hydrogen) atoms. The van der Waals surface area contributed by atoms with Crippen LogP contribution in [0.3, 0.4) is 0 Å². The van der Waals surface area contributed by atoms with Gasteiger partial charge in [0.05, 0.1) is 0 Å². The zero-order valence-corrected chi connectivity index (χ0v) is 13.6. The number of nitrogens with one attached hydrogen (secondary N) is 1. The molecule has 0 saturated carbocycles. The van der Waals surface area contributed by atoms with Crippen LogP contribution in [0.2, 0.25) is 0 Å². The van der Waals surface area contributed by atoms with Crippen molar-refractivity contribution < 1.29 is 9.13 Å². The van der Waals surface area contributed by atoms with Gasteiger partial charge in [0.1, 0.15) is 12.4 Å². The Labute approximate surface area is 137 Å². The maximum absolute atomic E-state index is 14.2. The third-order valence-electron chi connectivity index (χ3n) is 3.44. The Bertz CT molecular complexity index is 703. The molecule has 2 aromatic rings. The SMILES string of the molecule is Fc1cc(C2=NCCCN2)ccc1OCc1ccccc1Br. The second-order valence-electron chi connectivity index (χ2n) is 5.04. The van der Waals surface area contributed by atoms with Crippen LogP contribution < -0.4 is 10.1 Å². The highest BCUT2D eigenvalue weighted by atomic mass is 79.9. The van der Waals surface area contributed by atoms with E-state index in [0.29, 0.717) is 6.61 Å². The number of aliphatic imine (C=N–C) groups is 1. The highest BCUT2D eigenvalue weighted by molar-refractivity contribution is 9.10. The molecule has 0 fully saturated rings. The van der Waals surface area contributed by atoms with Gasteiger partial charge in [0.2, 0.25) is 0 Å². The summed E-state index contributed by atoms with van der Waals surface area (Å²) < 4.78 is 20.7. The molecule has 0 amide bonds. The van der Waals surface area contributed by atoms with Gasteiger partial charge in [-0.1, -0.05) is 34.1 Å². The zero-order valence-electron chi connectivity index (χ0n) is 12.0. The first kappa shape index (κ1) is 15.0. The highest BCUT2D eigenvalue weighted by Crippen LogP contribution is 2.22. The van der Waals surface area contributed by atoms with Gasteiger partial charge in [-0.05, 0) is 30.7 Å². The van der Waals surface area contributed by atoms with E-state index in [1.165, 1.54) is 6.07 Å². The highest BCUT2D eigenvalue weighted by Gasteiger charge is 2.11. The summed E-state index contributed by atoms with van der Waals surface area (Å²) in [5.41, 5.74) is 1.73. The van der Waals surface area contributed by atoms with Gasteiger partial charge in [-0.2, -0.15) is 0 Å². The number of halogens is 2. The molecule has 3 nitrogen and oxygen atoms in total. The number of benzene rings is 2. The van der Waals surface area contributed by atoms with Crippen LogP contribution >= 0.6 is 15.9 Å². The molecule has 1 aliphatic rings. The second kappa shape index (κ2) is 6.92. The minimum absolute atomic E-state index is 0.246. The number of nitrogens with zero attached hydrogens (tertiary/aromatic N) is 1. The first-order valence-electron chi connectivity index (χ1n) is 7.18. The van der Waals surface area contributed by atoms with Gasteiger partial charge in [-0.15, -0.1) is 0 Å². The molecule has 1 N–H and O–H groups in total. The van der Waals surface area contributed by atoms with E-state index in [1.54, 1.807) is 6.07 Å². The van der Waals surface area contributed by atoms with Crippen LogP contribution in [-0.2, 0) is 6.61 Å². The lowest BCUT2D eigenvalue weighted by molar-refractivity contribution is 0.289. The van der Waals surface area contributed by atoms with Crippen LogP contribution in [0.25, 0.3) is 0 Å². The molecule has 1 heterocycles. The minimum Gasteiger partial charge on any atom is -0.486 e. The third kappa shape index (κ3) is 3.47. The molecule has 0 atom stereocenters. The Morgan fingerprint density at radius 1 is 1.23 bits per heavy atom. The normalized spacial score (nSPS) is 14.2. The number of hydrogen-bond acceptors (Lipinski definition) is 3. The second-order valence-corrected chi connectivity index (χ2v) is 5.89. The van der Waals surface area contributed by atoms with Crippen molar-refractivity contribution in [3.63, 3.8) is 0 Å². The fraction of sp³-hybridized carbons (Fsp3) is 0.235. The third-order valence-corrected chi connectivity index (χ3v) is 4.22. The van der Waals surface area contributed by atoms with E-state index < -0.39 is 0 Å². The van der Waals surface area contributed by atoms with E-state index >= 15 is 0 Å². The van der Waals surface area contributed by atoms with Crippen molar-refractivity contribution in [2.24, 2.45) is 4.99 Å². The Kier molecular flexibility index (Phi) is 4.73. The molecule has 3 rings (SSSR count). The molecule has 0 aliphatic carbocycles. The summed E-state index contributed by atoms with van der Waals surface area (Å²) in [6.07, 6.45) is 1.01. The van der Waals surface area contributed by atoms with Gasteiger partial charge < -0.3 is 10.1 Å². The molecule has 0 aromatic heterocycles. The van der Waals surface area contributed by atoms with Crippen LogP contribution in [-0.4, -0.2) is 18.9 Å². The van der Waals surface area contributed by atoms with Crippen molar-refractivity contribution in [2.75, 3.05) is 13.1 Å². The number of hydrogen-bond donors (Lipinski definition) is 1. The Morgan fingerprint density at radius 2 is 2.09 bits per heavy atom. The maximum Gasteiger partial charge on any atom is 0.165 e. The van der Waals surface area contributed by atoms with E-state index in [1.807, 2.05) is 30.3 Å². The molecule has 0 saturated heterocycles. The molecule has 5 heteroatoms. The Balaban J connectivity index is 1.72. The predicted octanol–water partition coefficient (Wildman–Crippen LogP) is 3.91. The van der Waals surface area contributed by atoms with Crippen LogP contribution in [0.4, 0.5) is 4.39 Å². The number of ether oxygens (including phenoxy) is 1. The van der Waals surface area contributed by atoms with Gasteiger partial charge in [-0.3, -0.25) is 4.99 Å². The molecule has 114 valence electrons. The van der Waals surface area contributed by atoms with Crippen molar-refractivity contribution in [2.45, 2.75) is 13.0 Å². The van der Waals surface area contributed by atoms with E-state index in [0.717, 1.165) is 40.9 Å². The van der Waals surface area contributed by atoms with Crippen LogP contribution in [0.5, 0.6) is 5.75 Å². The smallest absolute Gasteiger partial charge is 0.165 e. The lowest BCUT2D eigenvalue weighted by Crippen LogP contribution is -2.30. The number of amidine groups is 1. The van der Waals surface area contributed by atoms with E-state index in [4.69, 9.17) is 4.74 Å². The molecule has 0 spiro atoms. The molecule has 2 aromatic carbocycles. The van der Waals surface area contributed by atoms with Crippen molar-refractivity contribution in [3.05, 3.63) is 63.9 Å². The lowest BCUT2D eigenvalue weighted by atomic mass is 10.1. The fourth-order valence-corrected chi connectivity index (χ4v) is 2.66. The topological polar surface area (TPSA) is 33.6 Å². The van der Waals surface area contributed by atoms with Crippen molar-refractivity contribution in [1.29, 1.82) is 0 Å². The quantitative estimate of drug-likeness (QED) is 0.894. The summed E-state index contributed by atoms with van der Waals surface area (Å²) in [6.45, 7) is 1.97. The maximum atomic E-state index is 14.2. The predicted molar refractivity (Wildman–Crippen MR) is 88.9 cm³/mol. The van der Waals surface area contributed by atoms with E-state index in [-0.39, 0.29) is 11.6 Å². The monoisotopic (exact) mass is 362 g/mol. The minimum atomic E-state index is -0.375. The first-order valence-corrected chi connectivity index (χ1v) is 7.98. The van der Waals surface area contributed by atoms with Crippen molar-refractivity contribution in [3.8, 4) is 5.75 Å². The molecule has 0 radical (unpaired) electrons. The van der Waals surface area contributed by atoms with Crippen LogP contribution in [0.15, 0.2) is 51.9 Å². The lowest BCUT2D eigenvalue weighted by Gasteiger charge is -2.15. The fourth-order valence-electron chi connectivity index (χ4n) is 2.26. The number of rotatable bonds is 4. The average Bonchev–Trinajstić information content (AvgIpc) is 2.56. The Morgan fingerprint density at radius 3 is 2.82 bits per heavy atom. The summed E-state index contributed by atoms with van der Waals surface area (Å²) in [4.78, 5) is 4.37. The van der Waals surface area contributed by atoms with Gasteiger partial charge in [0, 0.05) is 28.7 Å². The molecule has 0 bridgehead atoms. The molecular weight excluding hydrogens is 347 g/mol. The van der Waals surface area contributed by atoms with Gasteiger partial charge in [-0.25, -0.2) is 4.39 Å². The first-order chi connectivity index (χ1) is 10.7. The van der Waals surface area contributed by atoms with Crippen molar-refractivity contribution in [1.82, 2.24) is 5.32 Å². The molecule has 0 unspecified atom stereocenters. The van der Waals surface area contributed by atoms with E-state index in [2.05, 4.69) is 26.2 Å². The average molecular weight is 363 g/mol. The van der Waals surface area contributed by atoms with Crippen molar-refractivity contribution >= 4 is 21.8 Å². The summed E-state index contributed by atoms with van der Waals surface area (Å²) in [5, 5.41) is 3.18. The van der Waals surface area contributed by atoms with Gasteiger partial charge in [0.25, 0.3) is 0 Å². The Hall–Kier alpha value is -1.88. The van der Waals surface area contributed by atoms with Crippen LogP contribution in [0, 0.1) is 5.82 Å². The van der Waals surface area contributed by atoms with E-state index in [9.17, 15) is 4.39 Å².